The highest BCUT2D eigenvalue weighted by Gasteiger charge is 2.29. The smallest absolute Gasteiger partial charge is 0.262 e. The van der Waals surface area contributed by atoms with Gasteiger partial charge in [0, 0.05) is 17.1 Å². The van der Waals surface area contributed by atoms with Gasteiger partial charge in [-0.25, -0.2) is 0 Å². The van der Waals surface area contributed by atoms with Crippen LogP contribution in [-0.4, -0.2) is 28.9 Å². The first-order chi connectivity index (χ1) is 16.4. The van der Waals surface area contributed by atoms with Crippen molar-refractivity contribution in [1.29, 1.82) is 0 Å². The predicted molar refractivity (Wildman–Crippen MR) is 139 cm³/mol. The van der Waals surface area contributed by atoms with Gasteiger partial charge in [0.25, 0.3) is 5.91 Å². The summed E-state index contributed by atoms with van der Waals surface area (Å²) in [6.45, 7) is 3.98. The molecular weight excluding hydrogens is 468 g/mol. The molecule has 2 atom stereocenters. The molecule has 0 aliphatic heterocycles. The van der Waals surface area contributed by atoms with E-state index in [1.165, 1.54) is 37.0 Å². The fourth-order valence-electron chi connectivity index (χ4n) is 5.08. The highest BCUT2D eigenvalue weighted by atomic mass is 35.5. The molecule has 6 nitrogen and oxygen atoms in total. The Morgan fingerprint density at radius 3 is 2.59 bits per heavy atom. The quantitative estimate of drug-likeness (QED) is 0.391. The van der Waals surface area contributed by atoms with Crippen molar-refractivity contribution < 1.29 is 9.59 Å². The van der Waals surface area contributed by atoms with Crippen LogP contribution < -0.4 is 16.0 Å². The molecule has 4 rings (SSSR count). The lowest BCUT2D eigenvalue weighted by Gasteiger charge is -2.23. The van der Waals surface area contributed by atoms with Crippen molar-refractivity contribution >= 4 is 40.4 Å². The number of nitrogens with zero attached hydrogens (tertiary/aromatic N) is 1. The third kappa shape index (κ3) is 6.51. The lowest BCUT2D eigenvalue weighted by Crippen LogP contribution is -2.49. The third-order valence-electron chi connectivity index (χ3n) is 7.07. The van der Waals surface area contributed by atoms with Crippen LogP contribution in [0.5, 0.6) is 0 Å². The van der Waals surface area contributed by atoms with Crippen molar-refractivity contribution in [3.8, 4) is 0 Å². The number of rotatable bonds is 9. The van der Waals surface area contributed by atoms with E-state index in [9.17, 15) is 9.59 Å². The number of anilines is 1. The maximum absolute atomic E-state index is 13.1. The summed E-state index contributed by atoms with van der Waals surface area (Å²) in [5, 5.41) is 10.3. The standard InChI is InChI=1S/C26H35ClN4O2S/c1-16-21(14-19(27)15-28-16)29-17(2)23-11-12-24(34-23)26(33)31-22(13-18-7-3-4-8-18)25(32)30-20-9-5-6-10-20/h11-12,14-15,17-18,20,22,29H,3-10,13H2,1-2H3,(H,30,32)(H,31,33)/t17-,22-/m0/s1. The van der Waals surface area contributed by atoms with Gasteiger partial charge in [0.15, 0.2) is 0 Å². The van der Waals surface area contributed by atoms with Gasteiger partial charge in [-0.2, -0.15) is 0 Å². The average molecular weight is 503 g/mol. The largest absolute Gasteiger partial charge is 0.376 e. The van der Waals surface area contributed by atoms with Crippen LogP contribution in [0.1, 0.15) is 91.0 Å². The second-order valence-electron chi connectivity index (χ2n) is 9.76. The fraction of sp³-hybridized carbons (Fsp3) is 0.577. The Balaban J connectivity index is 1.40. The van der Waals surface area contributed by atoms with Gasteiger partial charge in [0.2, 0.25) is 5.91 Å². The molecular formula is C26H35ClN4O2S. The minimum Gasteiger partial charge on any atom is -0.376 e. The van der Waals surface area contributed by atoms with Crippen molar-refractivity contribution in [2.24, 2.45) is 5.92 Å². The van der Waals surface area contributed by atoms with Crippen LogP contribution >= 0.6 is 22.9 Å². The molecule has 0 aromatic carbocycles. The Labute approximate surface area is 211 Å². The molecule has 2 fully saturated rings. The molecule has 2 aliphatic carbocycles. The minimum absolute atomic E-state index is 0.00883. The van der Waals surface area contributed by atoms with E-state index >= 15 is 0 Å². The number of hydrogen-bond donors (Lipinski definition) is 3. The highest BCUT2D eigenvalue weighted by Crippen LogP contribution is 2.30. The maximum atomic E-state index is 13.1. The molecule has 0 radical (unpaired) electrons. The number of carbonyl (C=O) groups is 2. The van der Waals surface area contributed by atoms with E-state index in [4.69, 9.17) is 11.6 Å². The normalized spacial score (nSPS) is 18.6. The molecule has 2 aromatic heterocycles. The second-order valence-corrected chi connectivity index (χ2v) is 11.3. The van der Waals surface area contributed by atoms with Crippen LogP contribution in [0.15, 0.2) is 24.4 Å². The van der Waals surface area contributed by atoms with Gasteiger partial charge in [-0.05, 0) is 57.2 Å². The van der Waals surface area contributed by atoms with Crippen molar-refractivity contribution in [2.45, 2.75) is 89.8 Å². The van der Waals surface area contributed by atoms with Gasteiger partial charge < -0.3 is 16.0 Å². The Morgan fingerprint density at radius 2 is 1.85 bits per heavy atom. The summed E-state index contributed by atoms with van der Waals surface area (Å²) < 4.78 is 0. The molecule has 3 N–H and O–H groups in total. The zero-order chi connectivity index (χ0) is 24.1. The van der Waals surface area contributed by atoms with E-state index in [0.717, 1.165) is 48.4 Å². The van der Waals surface area contributed by atoms with Crippen LogP contribution in [0.2, 0.25) is 5.02 Å². The lowest BCUT2D eigenvalue weighted by molar-refractivity contribution is -0.124. The first-order valence-corrected chi connectivity index (χ1v) is 13.7. The van der Waals surface area contributed by atoms with E-state index in [1.54, 1.807) is 6.20 Å². The summed E-state index contributed by atoms with van der Waals surface area (Å²) in [4.78, 5) is 32.2. The summed E-state index contributed by atoms with van der Waals surface area (Å²) in [7, 11) is 0. The molecule has 2 aliphatic rings. The molecule has 2 amide bonds. The summed E-state index contributed by atoms with van der Waals surface area (Å²) in [6, 6.07) is 5.44. The Kier molecular flexibility index (Phi) is 8.48. The molecule has 34 heavy (non-hydrogen) atoms. The summed E-state index contributed by atoms with van der Waals surface area (Å²) in [5.41, 5.74) is 1.74. The minimum atomic E-state index is -0.475. The van der Waals surface area contributed by atoms with E-state index in [1.807, 2.05) is 32.0 Å². The molecule has 2 aromatic rings. The zero-order valence-electron chi connectivity index (χ0n) is 20.0. The van der Waals surface area contributed by atoms with Crippen molar-refractivity contribution in [2.75, 3.05) is 5.32 Å². The Hall–Kier alpha value is -2.12. The number of aromatic nitrogens is 1. The van der Waals surface area contributed by atoms with E-state index in [-0.39, 0.29) is 23.9 Å². The first kappa shape index (κ1) is 25.0. The van der Waals surface area contributed by atoms with E-state index < -0.39 is 6.04 Å². The van der Waals surface area contributed by atoms with Crippen LogP contribution in [-0.2, 0) is 4.79 Å². The summed E-state index contributed by atoms with van der Waals surface area (Å²) in [5.74, 6) is 0.314. The fourth-order valence-corrected chi connectivity index (χ4v) is 6.15. The van der Waals surface area contributed by atoms with Crippen LogP contribution in [0.4, 0.5) is 5.69 Å². The van der Waals surface area contributed by atoms with Gasteiger partial charge in [0.1, 0.15) is 6.04 Å². The van der Waals surface area contributed by atoms with Gasteiger partial charge >= 0.3 is 0 Å². The molecule has 0 saturated heterocycles. The number of thiophene rings is 1. The van der Waals surface area contributed by atoms with Crippen LogP contribution in [0, 0.1) is 12.8 Å². The number of halogens is 1. The topological polar surface area (TPSA) is 83.1 Å². The Bertz CT molecular complexity index is 998. The van der Waals surface area contributed by atoms with Gasteiger partial charge in [-0.1, -0.05) is 50.1 Å². The number of aryl methyl sites for hydroxylation is 1. The number of hydrogen-bond acceptors (Lipinski definition) is 5. The first-order valence-electron chi connectivity index (χ1n) is 12.5. The molecule has 0 unspecified atom stereocenters. The maximum Gasteiger partial charge on any atom is 0.262 e. The number of pyridine rings is 1. The molecule has 184 valence electrons. The highest BCUT2D eigenvalue weighted by molar-refractivity contribution is 7.14. The van der Waals surface area contributed by atoms with Crippen molar-refractivity contribution in [3.05, 3.63) is 44.9 Å². The van der Waals surface area contributed by atoms with E-state index in [2.05, 4.69) is 20.9 Å². The SMILES string of the molecule is Cc1ncc(Cl)cc1N[C@@H](C)c1ccc(C(=O)N[C@@H](CC2CCCC2)C(=O)NC2CCCC2)s1. The van der Waals surface area contributed by atoms with Gasteiger partial charge in [-0.3, -0.25) is 14.6 Å². The zero-order valence-corrected chi connectivity index (χ0v) is 21.6. The van der Waals surface area contributed by atoms with Crippen molar-refractivity contribution in [3.63, 3.8) is 0 Å². The Morgan fingerprint density at radius 1 is 1.15 bits per heavy atom. The van der Waals surface area contributed by atoms with Gasteiger partial charge in [0.05, 0.1) is 27.3 Å². The molecule has 2 heterocycles. The summed E-state index contributed by atoms with van der Waals surface area (Å²) >= 11 is 7.54. The lowest BCUT2D eigenvalue weighted by atomic mass is 9.97. The molecule has 8 heteroatoms. The number of nitrogens with one attached hydrogen (secondary N) is 3. The van der Waals surface area contributed by atoms with Crippen LogP contribution in [0.25, 0.3) is 0 Å². The van der Waals surface area contributed by atoms with Crippen molar-refractivity contribution in [1.82, 2.24) is 15.6 Å². The predicted octanol–water partition coefficient (Wildman–Crippen LogP) is 6.02. The molecule has 0 bridgehead atoms. The average Bonchev–Trinajstić information content (AvgIpc) is 3.58. The van der Waals surface area contributed by atoms with Crippen LogP contribution in [0.3, 0.4) is 0 Å². The number of amides is 2. The second kappa shape index (κ2) is 11.5. The summed E-state index contributed by atoms with van der Waals surface area (Å²) in [6.07, 6.45) is 11.5. The molecule has 0 spiro atoms. The monoisotopic (exact) mass is 502 g/mol. The third-order valence-corrected chi connectivity index (χ3v) is 8.54. The van der Waals surface area contributed by atoms with Gasteiger partial charge in [-0.15, -0.1) is 11.3 Å². The van der Waals surface area contributed by atoms with E-state index in [0.29, 0.717) is 15.8 Å². The molecule has 2 saturated carbocycles. The number of carbonyl (C=O) groups excluding carboxylic acids is 2.